The molecule has 3 nitrogen and oxygen atoms in total. The Hall–Kier alpha value is -1.27. The molecule has 0 bridgehead atoms. The van der Waals surface area contributed by atoms with Gasteiger partial charge in [-0.1, -0.05) is 41.9 Å². The van der Waals surface area contributed by atoms with Crippen molar-refractivity contribution in [3.63, 3.8) is 0 Å². The molecule has 7 heteroatoms. The van der Waals surface area contributed by atoms with E-state index in [0.29, 0.717) is 13.1 Å². The fourth-order valence-electron chi connectivity index (χ4n) is 2.16. The van der Waals surface area contributed by atoms with E-state index < -0.39 is 11.1 Å². The number of carbonyl (C=O) groups excluding carboxylic acids is 1. The number of halogens is 3. The summed E-state index contributed by atoms with van der Waals surface area (Å²) in [6.07, 6.45) is 1.72. The second-order valence-electron chi connectivity index (χ2n) is 5.27. The molecule has 2 aromatic carbocycles. The van der Waals surface area contributed by atoms with Crippen molar-refractivity contribution < 1.29 is 9.18 Å². The maximum Gasteiger partial charge on any atom is 0.237 e. The minimum Gasteiger partial charge on any atom is -0.355 e. The SMILES string of the molecule is Cl.NCCCCNC(=O)C(Sc1ccc(F)c(Cl)c1)c1ccccc1. The lowest BCUT2D eigenvalue weighted by molar-refractivity contribution is -0.120. The lowest BCUT2D eigenvalue weighted by atomic mass is 10.1. The van der Waals surface area contributed by atoms with Gasteiger partial charge in [0.25, 0.3) is 0 Å². The molecule has 0 radical (unpaired) electrons. The minimum absolute atomic E-state index is 0. The fourth-order valence-corrected chi connectivity index (χ4v) is 3.49. The largest absolute Gasteiger partial charge is 0.355 e. The first-order chi connectivity index (χ1) is 11.6. The Labute approximate surface area is 162 Å². The molecule has 25 heavy (non-hydrogen) atoms. The average molecular weight is 403 g/mol. The number of unbranched alkanes of at least 4 members (excludes halogenated alkanes) is 1. The van der Waals surface area contributed by atoms with Crippen LogP contribution in [0.2, 0.25) is 5.02 Å². The first kappa shape index (κ1) is 21.8. The summed E-state index contributed by atoms with van der Waals surface area (Å²) < 4.78 is 13.3. The number of hydrogen-bond donors (Lipinski definition) is 2. The van der Waals surface area contributed by atoms with Gasteiger partial charge < -0.3 is 11.1 Å². The molecule has 0 saturated carbocycles. The van der Waals surface area contributed by atoms with E-state index in [1.165, 1.54) is 17.8 Å². The highest BCUT2D eigenvalue weighted by atomic mass is 35.5. The number of nitrogens with two attached hydrogens (primary N) is 1. The van der Waals surface area contributed by atoms with Gasteiger partial charge in [-0.25, -0.2) is 4.39 Å². The summed E-state index contributed by atoms with van der Waals surface area (Å²) in [5.74, 6) is -0.549. The average Bonchev–Trinajstić information content (AvgIpc) is 2.60. The smallest absolute Gasteiger partial charge is 0.237 e. The zero-order valence-electron chi connectivity index (χ0n) is 13.6. The Morgan fingerprint density at radius 1 is 1.20 bits per heavy atom. The third-order valence-corrected chi connectivity index (χ3v) is 4.95. The van der Waals surface area contributed by atoms with Crippen LogP contribution in [0, 0.1) is 5.82 Å². The molecule has 3 N–H and O–H groups in total. The molecule has 1 atom stereocenters. The number of rotatable bonds is 8. The van der Waals surface area contributed by atoms with Crippen molar-refractivity contribution in [2.45, 2.75) is 23.0 Å². The molecule has 0 aliphatic rings. The fraction of sp³-hybridized carbons (Fsp3) is 0.278. The predicted molar refractivity (Wildman–Crippen MR) is 105 cm³/mol. The summed E-state index contributed by atoms with van der Waals surface area (Å²) in [4.78, 5) is 13.3. The van der Waals surface area contributed by atoms with Gasteiger partial charge in [0.2, 0.25) is 5.91 Å². The van der Waals surface area contributed by atoms with Gasteiger partial charge in [-0.3, -0.25) is 4.79 Å². The van der Waals surface area contributed by atoms with E-state index in [4.69, 9.17) is 17.3 Å². The predicted octanol–water partition coefficient (Wildman–Crippen LogP) is 4.59. The second-order valence-corrected chi connectivity index (χ2v) is 6.86. The van der Waals surface area contributed by atoms with Crippen LogP contribution in [0.4, 0.5) is 4.39 Å². The van der Waals surface area contributed by atoms with Crippen molar-refractivity contribution in [3.05, 3.63) is 64.9 Å². The van der Waals surface area contributed by atoms with Crippen LogP contribution in [0.3, 0.4) is 0 Å². The zero-order chi connectivity index (χ0) is 17.4. The first-order valence-corrected chi connectivity index (χ1v) is 9.02. The molecule has 1 amide bonds. The third-order valence-electron chi connectivity index (χ3n) is 3.42. The molecule has 0 aliphatic heterocycles. The van der Waals surface area contributed by atoms with E-state index in [-0.39, 0.29) is 23.3 Å². The normalized spacial score (nSPS) is 11.5. The molecule has 0 spiro atoms. The van der Waals surface area contributed by atoms with E-state index in [1.54, 1.807) is 12.1 Å². The van der Waals surface area contributed by atoms with E-state index in [9.17, 15) is 9.18 Å². The highest BCUT2D eigenvalue weighted by Crippen LogP contribution is 2.36. The Bertz CT molecular complexity index is 673. The first-order valence-electron chi connectivity index (χ1n) is 7.76. The van der Waals surface area contributed by atoms with Gasteiger partial charge in [-0.15, -0.1) is 24.2 Å². The van der Waals surface area contributed by atoms with Crippen molar-refractivity contribution in [1.29, 1.82) is 0 Å². The van der Waals surface area contributed by atoms with E-state index in [2.05, 4.69) is 5.32 Å². The van der Waals surface area contributed by atoms with Crippen molar-refractivity contribution in [3.8, 4) is 0 Å². The monoisotopic (exact) mass is 402 g/mol. The molecular weight excluding hydrogens is 382 g/mol. The molecule has 0 aliphatic carbocycles. The van der Waals surface area contributed by atoms with E-state index in [0.717, 1.165) is 23.3 Å². The van der Waals surface area contributed by atoms with Crippen LogP contribution in [0.25, 0.3) is 0 Å². The summed E-state index contributed by atoms with van der Waals surface area (Å²) in [7, 11) is 0. The zero-order valence-corrected chi connectivity index (χ0v) is 16.0. The summed E-state index contributed by atoms with van der Waals surface area (Å²) in [5, 5.41) is 2.57. The van der Waals surface area contributed by atoms with Crippen molar-refractivity contribution >= 4 is 41.7 Å². The number of benzene rings is 2. The lowest BCUT2D eigenvalue weighted by Crippen LogP contribution is -2.29. The van der Waals surface area contributed by atoms with Crippen LogP contribution in [0.5, 0.6) is 0 Å². The molecular formula is C18H21Cl2FN2OS. The molecule has 0 saturated heterocycles. The molecule has 0 heterocycles. The summed E-state index contributed by atoms with van der Waals surface area (Å²) in [6, 6.07) is 14.0. The number of nitrogens with one attached hydrogen (secondary N) is 1. The van der Waals surface area contributed by atoms with Crippen LogP contribution < -0.4 is 11.1 Å². The summed E-state index contributed by atoms with van der Waals surface area (Å²) >= 11 is 7.19. The van der Waals surface area contributed by atoms with Crippen LogP contribution in [0.15, 0.2) is 53.4 Å². The molecule has 2 aromatic rings. The summed E-state index contributed by atoms with van der Waals surface area (Å²) in [5.41, 5.74) is 6.35. The quantitative estimate of drug-likeness (QED) is 0.501. The van der Waals surface area contributed by atoms with Crippen LogP contribution in [0.1, 0.15) is 23.7 Å². The third kappa shape index (κ3) is 6.86. The number of carbonyl (C=O) groups is 1. The maximum absolute atomic E-state index is 13.3. The van der Waals surface area contributed by atoms with Crippen LogP contribution in [-0.2, 0) is 4.79 Å². The molecule has 1 unspecified atom stereocenters. The molecule has 136 valence electrons. The van der Waals surface area contributed by atoms with Gasteiger partial charge in [0.1, 0.15) is 11.1 Å². The van der Waals surface area contributed by atoms with Gasteiger partial charge >= 0.3 is 0 Å². The topological polar surface area (TPSA) is 55.1 Å². The molecule has 0 fully saturated rings. The standard InChI is InChI=1S/C18H20ClFN2OS.ClH/c19-15-12-14(8-9-16(15)20)24-17(13-6-2-1-3-7-13)18(23)22-11-5-4-10-21;/h1-3,6-9,12,17H,4-5,10-11,21H2,(H,22,23);1H. The Morgan fingerprint density at radius 3 is 2.56 bits per heavy atom. The van der Waals surface area contributed by atoms with Gasteiger partial charge in [-0.2, -0.15) is 0 Å². The van der Waals surface area contributed by atoms with Gasteiger partial charge in [-0.05, 0) is 43.1 Å². The highest BCUT2D eigenvalue weighted by molar-refractivity contribution is 8.00. The van der Waals surface area contributed by atoms with Crippen LogP contribution in [-0.4, -0.2) is 19.0 Å². The lowest BCUT2D eigenvalue weighted by Gasteiger charge is -2.17. The number of hydrogen-bond acceptors (Lipinski definition) is 3. The van der Waals surface area contributed by atoms with Gasteiger partial charge in [0, 0.05) is 11.4 Å². The highest BCUT2D eigenvalue weighted by Gasteiger charge is 2.22. The van der Waals surface area contributed by atoms with Gasteiger partial charge in [0.15, 0.2) is 0 Å². The van der Waals surface area contributed by atoms with E-state index in [1.807, 2.05) is 30.3 Å². The Morgan fingerprint density at radius 2 is 1.92 bits per heavy atom. The number of thioether (sulfide) groups is 1. The van der Waals surface area contributed by atoms with Crippen molar-refractivity contribution in [1.82, 2.24) is 5.32 Å². The second kappa shape index (κ2) is 11.4. The Kier molecular flexibility index (Phi) is 9.90. The number of amides is 1. The van der Waals surface area contributed by atoms with Gasteiger partial charge in [0.05, 0.1) is 5.02 Å². The Balaban J connectivity index is 0.00000312. The maximum atomic E-state index is 13.3. The van der Waals surface area contributed by atoms with Crippen molar-refractivity contribution in [2.24, 2.45) is 5.73 Å². The van der Waals surface area contributed by atoms with Crippen molar-refractivity contribution in [2.75, 3.05) is 13.1 Å². The summed E-state index contributed by atoms with van der Waals surface area (Å²) in [6.45, 7) is 1.20. The molecule has 0 aromatic heterocycles. The van der Waals surface area contributed by atoms with Crippen LogP contribution >= 0.6 is 35.8 Å². The van der Waals surface area contributed by atoms with E-state index >= 15 is 0 Å². The minimum atomic E-state index is -0.469. The molecule has 2 rings (SSSR count).